The number of amides is 2. The van der Waals surface area contributed by atoms with Gasteiger partial charge in [-0.1, -0.05) is 24.3 Å². The number of aromatic amines is 2. The number of ether oxygens (including phenoxy) is 1. The van der Waals surface area contributed by atoms with Gasteiger partial charge in [0.2, 0.25) is 5.91 Å². The maximum atomic E-state index is 13.9. The van der Waals surface area contributed by atoms with Gasteiger partial charge in [-0.3, -0.25) is 24.6 Å². The Labute approximate surface area is 267 Å². The van der Waals surface area contributed by atoms with Crippen molar-refractivity contribution >= 4 is 46.6 Å². The Morgan fingerprint density at radius 1 is 0.978 bits per heavy atom. The lowest BCUT2D eigenvalue weighted by molar-refractivity contribution is -0.130. The van der Waals surface area contributed by atoms with Crippen LogP contribution in [0.5, 0.6) is 0 Å². The number of nitrogens with two attached hydrogens (primary N) is 2. The lowest BCUT2D eigenvalue weighted by atomic mass is 9.81. The molecule has 12 heteroatoms. The molecule has 45 heavy (non-hydrogen) atoms. The van der Waals surface area contributed by atoms with Crippen LogP contribution in [0, 0.1) is 11.8 Å². The molecule has 11 nitrogen and oxygen atoms in total. The molecule has 0 bridgehead atoms. The van der Waals surface area contributed by atoms with E-state index in [1.807, 2.05) is 36.5 Å². The molecule has 2 amide bonds. The number of hydrogen-bond acceptors (Lipinski definition) is 8. The zero-order valence-corrected chi connectivity index (χ0v) is 25.9. The normalized spacial score (nSPS) is 19.1. The Hall–Kier alpha value is -4.03. The van der Waals surface area contributed by atoms with Crippen LogP contribution in [0.3, 0.4) is 0 Å². The molecule has 6 rings (SSSR count). The number of aromatic nitrogens is 3. The molecule has 2 aliphatic rings. The summed E-state index contributed by atoms with van der Waals surface area (Å²) >= 11 is 0. The molecule has 0 radical (unpaired) electrons. The molecule has 238 valence electrons. The highest BCUT2D eigenvalue weighted by atomic mass is 35.5. The number of hydrogen-bond donors (Lipinski definition) is 4. The zero-order chi connectivity index (χ0) is 30.6. The number of halogens is 1. The van der Waals surface area contributed by atoms with E-state index in [9.17, 15) is 14.4 Å². The minimum absolute atomic E-state index is 0. The van der Waals surface area contributed by atoms with Crippen LogP contribution in [0.2, 0.25) is 0 Å². The number of H-pyrrole nitrogens is 2. The fourth-order valence-corrected chi connectivity index (χ4v) is 6.23. The lowest BCUT2D eigenvalue weighted by Gasteiger charge is -2.32. The lowest BCUT2D eigenvalue weighted by Crippen LogP contribution is -2.50. The maximum absolute atomic E-state index is 13.9. The number of fused-ring (bicyclic) bond motifs is 1. The molecule has 1 aliphatic heterocycles. The third kappa shape index (κ3) is 7.12. The second-order valence-corrected chi connectivity index (χ2v) is 11.8. The van der Waals surface area contributed by atoms with Gasteiger partial charge in [-0.25, -0.2) is 9.88 Å². The number of anilines is 2. The topological polar surface area (TPSA) is 163 Å². The molecule has 2 fully saturated rings. The van der Waals surface area contributed by atoms with Gasteiger partial charge in [-0.15, -0.1) is 12.4 Å². The largest absolute Gasteiger partial charge is 0.378 e. The summed E-state index contributed by atoms with van der Waals surface area (Å²) in [4.78, 5) is 47.9. The van der Waals surface area contributed by atoms with Crippen LogP contribution in [-0.2, 0) is 20.7 Å². The average Bonchev–Trinajstić information content (AvgIpc) is 3.45. The number of nitrogens with one attached hydrogen (secondary N) is 2. The zero-order valence-electron chi connectivity index (χ0n) is 25.1. The first-order chi connectivity index (χ1) is 21.4. The summed E-state index contributed by atoms with van der Waals surface area (Å²) in [7, 11) is 0. The molecule has 0 spiro atoms. The van der Waals surface area contributed by atoms with Crippen LogP contribution in [0.1, 0.15) is 31.2 Å². The summed E-state index contributed by atoms with van der Waals surface area (Å²) in [6, 6.07) is 15.9. The molecule has 2 aromatic carbocycles. The molecule has 6 N–H and O–H groups in total. The molecular formula is C33H40ClN7O4. The first-order valence-electron chi connectivity index (χ1n) is 15.3. The van der Waals surface area contributed by atoms with E-state index >= 15 is 0 Å². The van der Waals surface area contributed by atoms with Gasteiger partial charge >= 0.3 is 0 Å². The van der Waals surface area contributed by atoms with Gasteiger partial charge in [-0.05, 0) is 86.0 Å². The third-order valence-corrected chi connectivity index (χ3v) is 8.93. The monoisotopic (exact) mass is 633 g/mol. The summed E-state index contributed by atoms with van der Waals surface area (Å²) in [6.07, 6.45) is 5.18. The fraction of sp³-hybridized carbons (Fsp3) is 0.394. The van der Waals surface area contributed by atoms with E-state index in [1.54, 1.807) is 18.2 Å². The SMILES string of the molecule is Cl.NCC1CCC(C(=O)N(C(=O)[C@@H](N)Cc2ccc(-c3ccc(N4CCOCC4)nc3)cc2)c2ccc3c(=O)[nH][nH]c3c2)CC1. The van der Waals surface area contributed by atoms with E-state index < -0.39 is 11.9 Å². The van der Waals surface area contributed by atoms with Crippen LogP contribution in [0.25, 0.3) is 22.0 Å². The minimum atomic E-state index is -0.944. The predicted octanol–water partition coefficient (Wildman–Crippen LogP) is 3.37. The van der Waals surface area contributed by atoms with E-state index in [4.69, 9.17) is 16.2 Å². The molecule has 1 aliphatic carbocycles. The predicted molar refractivity (Wildman–Crippen MR) is 178 cm³/mol. The van der Waals surface area contributed by atoms with Crippen LogP contribution < -0.4 is 26.8 Å². The number of pyridine rings is 1. The summed E-state index contributed by atoms with van der Waals surface area (Å²) in [5.41, 5.74) is 15.9. The number of carbonyl (C=O) groups is 2. The number of nitrogens with zero attached hydrogens (tertiary/aromatic N) is 3. The Kier molecular flexibility index (Phi) is 10.3. The average molecular weight is 634 g/mol. The van der Waals surface area contributed by atoms with Crippen molar-refractivity contribution in [3.8, 4) is 11.1 Å². The van der Waals surface area contributed by atoms with Crippen molar-refractivity contribution in [1.29, 1.82) is 0 Å². The van der Waals surface area contributed by atoms with E-state index in [2.05, 4.69) is 26.1 Å². The summed E-state index contributed by atoms with van der Waals surface area (Å²) in [5, 5.41) is 5.82. The second kappa shape index (κ2) is 14.4. The van der Waals surface area contributed by atoms with E-state index in [0.29, 0.717) is 55.1 Å². The number of carbonyl (C=O) groups excluding carboxylic acids is 2. The van der Waals surface area contributed by atoms with Crippen LogP contribution in [0.15, 0.2) is 65.6 Å². The van der Waals surface area contributed by atoms with Crippen molar-refractivity contribution in [3.63, 3.8) is 0 Å². The Balaban J connectivity index is 0.00000400. The van der Waals surface area contributed by atoms with Gasteiger partial charge in [0, 0.05) is 30.8 Å². The number of benzene rings is 2. The smallest absolute Gasteiger partial charge is 0.271 e. The van der Waals surface area contributed by atoms with Gasteiger partial charge in [0.15, 0.2) is 0 Å². The second-order valence-electron chi connectivity index (χ2n) is 11.8. The molecule has 3 heterocycles. The Morgan fingerprint density at radius 2 is 1.69 bits per heavy atom. The van der Waals surface area contributed by atoms with Gasteiger partial charge in [0.05, 0.1) is 35.8 Å². The van der Waals surface area contributed by atoms with Gasteiger partial charge in [0.1, 0.15) is 5.82 Å². The first kappa shape index (κ1) is 32.4. The van der Waals surface area contributed by atoms with Gasteiger partial charge in [0.25, 0.3) is 11.5 Å². The molecule has 1 saturated heterocycles. The van der Waals surface area contributed by atoms with Crippen molar-refractivity contribution in [2.24, 2.45) is 23.3 Å². The number of imide groups is 1. The summed E-state index contributed by atoms with van der Waals surface area (Å²) < 4.78 is 5.43. The van der Waals surface area contributed by atoms with Crippen molar-refractivity contribution < 1.29 is 14.3 Å². The van der Waals surface area contributed by atoms with Crippen LogP contribution in [0.4, 0.5) is 11.5 Å². The Bertz CT molecular complexity index is 1660. The van der Waals surface area contributed by atoms with E-state index in [0.717, 1.165) is 48.4 Å². The molecule has 2 aromatic heterocycles. The summed E-state index contributed by atoms with van der Waals surface area (Å²) in [6.45, 7) is 3.68. The highest BCUT2D eigenvalue weighted by Gasteiger charge is 2.35. The Morgan fingerprint density at radius 3 is 2.36 bits per heavy atom. The van der Waals surface area contributed by atoms with Gasteiger partial charge < -0.3 is 21.1 Å². The molecule has 1 saturated carbocycles. The number of morpholine rings is 1. The van der Waals surface area contributed by atoms with Crippen molar-refractivity contribution in [2.75, 3.05) is 42.6 Å². The maximum Gasteiger partial charge on any atom is 0.271 e. The third-order valence-electron chi connectivity index (χ3n) is 8.93. The highest BCUT2D eigenvalue weighted by Crippen LogP contribution is 2.32. The van der Waals surface area contributed by atoms with E-state index in [1.165, 1.54) is 4.90 Å². The van der Waals surface area contributed by atoms with Crippen molar-refractivity contribution in [2.45, 2.75) is 38.1 Å². The van der Waals surface area contributed by atoms with Crippen molar-refractivity contribution in [1.82, 2.24) is 15.2 Å². The fourth-order valence-electron chi connectivity index (χ4n) is 6.23. The van der Waals surface area contributed by atoms with Gasteiger partial charge in [-0.2, -0.15) is 0 Å². The molecular weight excluding hydrogens is 594 g/mol. The molecule has 0 unspecified atom stereocenters. The molecule has 1 atom stereocenters. The summed E-state index contributed by atoms with van der Waals surface area (Å²) in [5.74, 6) is 0.305. The van der Waals surface area contributed by atoms with Crippen LogP contribution in [-0.4, -0.2) is 65.9 Å². The highest BCUT2D eigenvalue weighted by molar-refractivity contribution is 6.17. The molecule has 4 aromatic rings. The standard InChI is InChI=1S/C33H39N7O4.ClH/c34-19-22-3-7-24(8-4-22)32(42)40(26-10-11-27-29(18-26)37-38-31(27)41)33(43)28(35)17-21-1-5-23(6-2-21)25-9-12-30(36-20-25)39-13-15-44-16-14-39;/h1-2,5-6,9-12,18,20,22,24,28H,3-4,7-8,13-17,19,34-35H2,(H2,37,38,41);1H/t22?,24?,28-;/m0./s1. The number of rotatable bonds is 8. The van der Waals surface area contributed by atoms with E-state index in [-0.39, 0.29) is 36.2 Å². The van der Waals surface area contributed by atoms with Crippen LogP contribution >= 0.6 is 12.4 Å². The van der Waals surface area contributed by atoms with Crippen molar-refractivity contribution in [3.05, 3.63) is 76.7 Å². The first-order valence-corrected chi connectivity index (χ1v) is 15.3. The quantitative estimate of drug-likeness (QED) is 0.229. The minimum Gasteiger partial charge on any atom is -0.378 e.